The Kier molecular flexibility index (Phi) is 5.80. The van der Waals surface area contributed by atoms with Crippen LogP contribution in [0.4, 0.5) is 0 Å². The minimum absolute atomic E-state index is 0.203. The zero-order valence-corrected chi connectivity index (χ0v) is 15.0. The van der Waals surface area contributed by atoms with Crippen molar-refractivity contribution in [3.8, 4) is 0 Å². The molecule has 0 saturated carbocycles. The molecule has 2 aromatic heterocycles. The van der Waals surface area contributed by atoms with Gasteiger partial charge in [-0.25, -0.2) is 0 Å². The number of aromatic nitrogens is 5. The maximum atomic E-state index is 12.3. The molecular formula is C17H27N7O. The second-order valence-electron chi connectivity index (χ2n) is 6.56. The van der Waals surface area contributed by atoms with Gasteiger partial charge in [-0.3, -0.25) is 14.2 Å². The van der Waals surface area contributed by atoms with Gasteiger partial charge in [0.1, 0.15) is 0 Å². The normalized spacial score (nSPS) is 17.6. The maximum absolute atomic E-state index is 12.3. The fourth-order valence-electron chi connectivity index (χ4n) is 3.21. The Balaban J connectivity index is 1.49. The quantitative estimate of drug-likeness (QED) is 0.789. The van der Waals surface area contributed by atoms with Gasteiger partial charge in [-0.1, -0.05) is 11.6 Å². The lowest BCUT2D eigenvalue weighted by atomic mass is 10.0. The SMILES string of the molecule is CCn1ncc(CNC(=O)c2cn(CCC3CCCCN3)nn2)c1C. The summed E-state index contributed by atoms with van der Waals surface area (Å²) < 4.78 is 3.67. The molecule has 1 fully saturated rings. The van der Waals surface area contributed by atoms with Gasteiger partial charge in [0.25, 0.3) is 5.91 Å². The average molecular weight is 345 g/mol. The van der Waals surface area contributed by atoms with E-state index in [2.05, 4.69) is 26.0 Å². The summed E-state index contributed by atoms with van der Waals surface area (Å²) in [7, 11) is 0. The highest BCUT2D eigenvalue weighted by atomic mass is 16.2. The molecule has 2 aromatic rings. The number of hydrogen-bond acceptors (Lipinski definition) is 5. The van der Waals surface area contributed by atoms with Gasteiger partial charge in [0.15, 0.2) is 5.69 Å². The highest BCUT2D eigenvalue weighted by Crippen LogP contribution is 2.11. The van der Waals surface area contributed by atoms with Crippen molar-refractivity contribution in [3.63, 3.8) is 0 Å². The average Bonchev–Trinajstić information content (AvgIpc) is 3.25. The molecule has 0 spiro atoms. The standard InChI is InChI=1S/C17H27N7O/c1-3-24-13(2)14(11-20-24)10-19-17(25)16-12-23(22-21-16)9-7-15-6-4-5-8-18-15/h11-12,15,18H,3-10H2,1-2H3,(H,19,25). The lowest BCUT2D eigenvalue weighted by molar-refractivity contribution is 0.0946. The highest BCUT2D eigenvalue weighted by Gasteiger charge is 2.15. The molecule has 1 aliphatic rings. The number of nitrogens with one attached hydrogen (secondary N) is 2. The Labute approximate surface area is 148 Å². The molecule has 1 amide bonds. The van der Waals surface area contributed by atoms with Crippen LogP contribution < -0.4 is 10.6 Å². The van der Waals surface area contributed by atoms with E-state index in [1.54, 1.807) is 17.1 Å². The number of amides is 1. The predicted octanol–water partition coefficient (Wildman–Crippen LogP) is 1.27. The van der Waals surface area contributed by atoms with Crippen LogP contribution in [0.5, 0.6) is 0 Å². The lowest BCUT2D eigenvalue weighted by Crippen LogP contribution is -2.34. The summed E-state index contributed by atoms with van der Waals surface area (Å²) in [5, 5.41) is 18.8. The minimum Gasteiger partial charge on any atom is -0.346 e. The zero-order chi connectivity index (χ0) is 17.6. The van der Waals surface area contributed by atoms with Crippen LogP contribution in [0, 0.1) is 6.92 Å². The molecule has 1 aliphatic heterocycles. The van der Waals surface area contributed by atoms with E-state index in [4.69, 9.17) is 0 Å². The molecule has 3 rings (SSSR count). The predicted molar refractivity (Wildman–Crippen MR) is 94.1 cm³/mol. The van der Waals surface area contributed by atoms with E-state index in [0.717, 1.165) is 37.3 Å². The van der Waals surface area contributed by atoms with Gasteiger partial charge in [0, 0.05) is 36.9 Å². The second kappa shape index (κ2) is 8.24. The number of nitrogens with zero attached hydrogens (tertiary/aromatic N) is 5. The smallest absolute Gasteiger partial charge is 0.273 e. The van der Waals surface area contributed by atoms with E-state index in [-0.39, 0.29) is 5.91 Å². The summed E-state index contributed by atoms with van der Waals surface area (Å²) in [5.41, 5.74) is 2.45. The number of rotatable bonds is 7. The summed E-state index contributed by atoms with van der Waals surface area (Å²) >= 11 is 0. The van der Waals surface area contributed by atoms with Crippen LogP contribution >= 0.6 is 0 Å². The summed E-state index contributed by atoms with van der Waals surface area (Å²) in [4.78, 5) is 12.3. The molecule has 1 unspecified atom stereocenters. The molecule has 136 valence electrons. The van der Waals surface area contributed by atoms with Crippen molar-refractivity contribution in [3.05, 3.63) is 29.3 Å². The summed E-state index contributed by atoms with van der Waals surface area (Å²) in [5.74, 6) is -0.203. The van der Waals surface area contributed by atoms with E-state index in [1.807, 2.05) is 18.5 Å². The van der Waals surface area contributed by atoms with Crippen molar-refractivity contribution in [2.24, 2.45) is 0 Å². The zero-order valence-electron chi connectivity index (χ0n) is 15.0. The molecule has 0 radical (unpaired) electrons. The Morgan fingerprint density at radius 1 is 1.44 bits per heavy atom. The molecule has 8 heteroatoms. The molecule has 3 heterocycles. The van der Waals surface area contributed by atoms with Crippen molar-refractivity contribution < 1.29 is 4.79 Å². The van der Waals surface area contributed by atoms with Crippen LogP contribution in [-0.2, 0) is 19.6 Å². The fourth-order valence-corrected chi connectivity index (χ4v) is 3.21. The first-order chi connectivity index (χ1) is 12.2. The third-order valence-electron chi connectivity index (χ3n) is 4.83. The van der Waals surface area contributed by atoms with Crippen LogP contribution in [-0.4, -0.2) is 43.3 Å². The molecule has 1 atom stereocenters. The Morgan fingerprint density at radius 3 is 3.04 bits per heavy atom. The Hall–Kier alpha value is -2.22. The Bertz CT molecular complexity index is 700. The van der Waals surface area contributed by atoms with E-state index < -0.39 is 0 Å². The van der Waals surface area contributed by atoms with Crippen LogP contribution in [0.2, 0.25) is 0 Å². The van der Waals surface area contributed by atoms with Crippen LogP contribution in [0.3, 0.4) is 0 Å². The van der Waals surface area contributed by atoms with Crippen molar-refractivity contribution in [1.29, 1.82) is 0 Å². The molecule has 1 saturated heterocycles. The summed E-state index contributed by atoms with van der Waals surface area (Å²) in [6.45, 7) is 7.20. The minimum atomic E-state index is -0.203. The maximum Gasteiger partial charge on any atom is 0.273 e. The largest absolute Gasteiger partial charge is 0.346 e. The van der Waals surface area contributed by atoms with Gasteiger partial charge < -0.3 is 10.6 Å². The van der Waals surface area contributed by atoms with Crippen molar-refractivity contribution in [1.82, 2.24) is 35.4 Å². The fraction of sp³-hybridized carbons (Fsp3) is 0.647. The third-order valence-corrected chi connectivity index (χ3v) is 4.83. The molecule has 25 heavy (non-hydrogen) atoms. The monoisotopic (exact) mass is 345 g/mol. The van der Waals surface area contributed by atoms with Crippen LogP contribution in [0.25, 0.3) is 0 Å². The number of aryl methyl sites for hydroxylation is 2. The topological polar surface area (TPSA) is 89.7 Å². The molecule has 0 aliphatic carbocycles. The van der Waals surface area contributed by atoms with Gasteiger partial charge >= 0.3 is 0 Å². The van der Waals surface area contributed by atoms with Crippen molar-refractivity contribution in [2.75, 3.05) is 6.54 Å². The molecular weight excluding hydrogens is 318 g/mol. The first kappa shape index (κ1) is 17.6. The third kappa shape index (κ3) is 4.45. The van der Waals surface area contributed by atoms with E-state index in [0.29, 0.717) is 18.3 Å². The van der Waals surface area contributed by atoms with Crippen LogP contribution in [0.15, 0.2) is 12.4 Å². The van der Waals surface area contributed by atoms with E-state index in [1.165, 1.54) is 19.3 Å². The first-order valence-electron chi connectivity index (χ1n) is 9.10. The molecule has 2 N–H and O–H groups in total. The lowest BCUT2D eigenvalue weighted by Gasteiger charge is -2.23. The molecule has 8 nitrogen and oxygen atoms in total. The second-order valence-corrected chi connectivity index (χ2v) is 6.56. The summed E-state index contributed by atoms with van der Waals surface area (Å²) in [6.07, 6.45) is 8.30. The van der Waals surface area contributed by atoms with Gasteiger partial charge in [-0.2, -0.15) is 5.10 Å². The van der Waals surface area contributed by atoms with E-state index in [9.17, 15) is 4.79 Å². The number of piperidine rings is 1. The first-order valence-corrected chi connectivity index (χ1v) is 9.10. The van der Waals surface area contributed by atoms with Gasteiger partial charge in [-0.05, 0) is 39.7 Å². The van der Waals surface area contributed by atoms with Gasteiger partial charge in [-0.15, -0.1) is 5.10 Å². The van der Waals surface area contributed by atoms with Gasteiger partial charge in [0.2, 0.25) is 0 Å². The number of hydrogen-bond donors (Lipinski definition) is 2. The highest BCUT2D eigenvalue weighted by molar-refractivity contribution is 5.91. The number of carbonyl (C=O) groups excluding carboxylic acids is 1. The molecule has 0 aromatic carbocycles. The van der Waals surface area contributed by atoms with Gasteiger partial charge in [0.05, 0.1) is 12.4 Å². The van der Waals surface area contributed by atoms with Crippen molar-refractivity contribution in [2.45, 2.75) is 65.2 Å². The van der Waals surface area contributed by atoms with Crippen LogP contribution in [0.1, 0.15) is 54.4 Å². The summed E-state index contributed by atoms with van der Waals surface area (Å²) in [6, 6.07) is 0.549. The van der Waals surface area contributed by atoms with E-state index >= 15 is 0 Å². The van der Waals surface area contributed by atoms with Crippen molar-refractivity contribution >= 4 is 5.91 Å². The Morgan fingerprint density at radius 2 is 2.32 bits per heavy atom. The molecule has 0 bridgehead atoms. The number of carbonyl (C=O) groups is 1.